The highest BCUT2D eigenvalue weighted by atomic mass is 15.2. The topological polar surface area (TPSA) is 29.3 Å². The first-order valence-electron chi connectivity index (χ1n) is 7.25. The maximum atomic E-state index is 6.42. The molecule has 0 amide bonds. The highest BCUT2D eigenvalue weighted by Gasteiger charge is 2.25. The Kier molecular flexibility index (Phi) is 4.79. The van der Waals surface area contributed by atoms with Crippen molar-refractivity contribution < 1.29 is 0 Å². The van der Waals surface area contributed by atoms with Gasteiger partial charge in [0.2, 0.25) is 0 Å². The summed E-state index contributed by atoms with van der Waals surface area (Å²) < 4.78 is 0. The van der Waals surface area contributed by atoms with E-state index in [4.69, 9.17) is 5.73 Å². The van der Waals surface area contributed by atoms with E-state index in [1.54, 1.807) is 0 Å². The molecule has 18 heavy (non-hydrogen) atoms. The maximum absolute atomic E-state index is 6.42. The number of nitrogens with zero attached hydrogens (tertiary/aromatic N) is 1. The van der Waals surface area contributed by atoms with E-state index in [1.807, 2.05) is 0 Å². The zero-order chi connectivity index (χ0) is 13.0. The molecular weight excluding hydrogens is 220 g/mol. The van der Waals surface area contributed by atoms with Crippen LogP contribution < -0.4 is 5.73 Å². The summed E-state index contributed by atoms with van der Waals surface area (Å²) in [5, 5.41) is 0. The third-order valence-electron chi connectivity index (χ3n) is 4.25. The van der Waals surface area contributed by atoms with Crippen molar-refractivity contribution in [3.05, 3.63) is 36.0 Å². The second-order valence-corrected chi connectivity index (χ2v) is 5.50. The van der Waals surface area contributed by atoms with Crippen LogP contribution in [0.3, 0.4) is 0 Å². The molecule has 1 heterocycles. The van der Waals surface area contributed by atoms with E-state index in [2.05, 4.69) is 49.1 Å². The van der Waals surface area contributed by atoms with Crippen LogP contribution in [0.4, 0.5) is 0 Å². The van der Waals surface area contributed by atoms with Gasteiger partial charge in [-0.25, -0.2) is 0 Å². The lowest BCUT2D eigenvalue weighted by atomic mass is 9.93. The summed E-state index contributed by atoms with van der Waals surface area (Å²) in [7, 11) is 0. The number of hydrogen-bond donors (Lipinski definition) is 1. The number of nitrogens with two attached hydrogens (primary N) is 1. The van der Waals surface area contributed by atoms with E-state index >= 15 is 0 Å². The standard InChI is InChI=1S/C16H26N2/c1-3-14-8-7-11-18(12-14)13(2)16(17)15-9-5-4-6-10-15/h5,7-10,13-14,16H,3-4,6,11-12,17H2,1-2H3. The molecule has 0 bridgehead atoms. The van der Waals surface area contributed by atoms with Crippen molar-refractivity contribution in [2.45, 2.75) is 45.2 Å². The lowest BCUT2D eigenvalue weighted by Crippen LogP contribution is -2.49. The van der Waals surface area contributed by atoms with E-state index in [0.29, 0.717) is 12.0 Å². The molecule has 2 N–H and O–H groups in total. The van der Waals surface area contributed by atoms with Gasteiger partial charge in [-0.05, 0) is 37.7 Å². The van der Waals surface area contributed by atoms with Gasteiger partial charge in [0.25, 0.3) is 0 Å². The molecule has 0 aromatic rings. The fourth-order valence-corrected chi connectivity index (χ4v) is 2.81. The van der Waals surface area contributed by atoms with Gasteiger partial charge in [-0.15, -0.1) is 0 Å². The van der Waals surface area contributed by atoms with Crippen LogP contribution in [0.2, 0.25) is 0 Å². The average Bonchev–Trinajstić information content (AvgIpc) is 2.46. The van der Waals surface area contributed by atoms with Crippen LogP contribution in [0.15, 0.2) is 36.0 Å². The molecule has 3 atom stereocenters. The first-order chi connectivity index (χ1) is 8.72. The van der Waals surface area contributed by atoms with Gasteiger partial charge in [-0.1, -0.05) is 37.3 Å². The SMILES string of the molecule is CCC1C=CCN(C(C)C(N)C2=CCCC=C2)C1. The zero-order valence-electron chi connectivity index (χ0n) is 11.7. The molecule has 0 fully saturated rings. The minimum atomic E-state index is 0.144. The minimum Gasteiger partial charge on any atom is -0.323 e. The molecule has 0 aromatic heterocycles. The zero-order valence-corrected chi connectivity index (χ0v) is 11.7. The van der Waals surface area contributed by atoms with Gasteiger partial charge in [-0.3, -0.25) is 4.90 Å². The van der Waals surface area contributed by atoms with Crippen molar-refractivity contribution in [3.63, 3.8) is 0 Å². The average molecular weight is 246 g/mol. The second-order valence-electron chi connectivity index (χ2n) is 5.50. The molecule has 1 aliphatic carbocycles. The normalized spacial score (nSPS) is 27.9. The summed E-state index contributed by atoms with van der Waals surface area (Å²) in [5.41, 5.74) is 7.74. The summed E-state index contributed by atoms with van der Waals surface area (Å²) in [6.45, 7) is 6.72. The molecule has 0 radical (unpaired) electrons. The van der Waals surface area contributed by atoms with Crippen molar-refractivity contribution in [3.8, 4) is 0 Å². The smallest absolute Gasteiger partial charge is 0.0447 e. The Morgan fingerprint density at radius 3 is 2.89 bits per heavy atom. The molecule has 2 heteroatoms. The Labute approximate surface area is 111 Å². The lowest BCUT2D eigenvalue weighted by Gasteiger charge is -2.37. The maximum Gasteiger partial charge on any atom is 0.0447 e. The molecule has 0 aromatic carbocycles. The van der Waals surface area contributed by atoms with E-state index in [1.165, 1.54) is 12.0 Å². The molecule has 2 rings (SSSR count). The van der Waals surface area contributed by atoms with Crippen molar-refractivity contribution in [2.75, 3.05) is 13.1 Å². The monoisotopic (exact) mass is 246 g/mol. The summed E-state index contributed by atoms with van der Waals surface area (Å²) in [6, 6.07) is 0.559. The largest absolute Gasteiger partial charge is 0.323 e. The highest BCUT2D eigenvalue weighted by molar-refractivity contribution is 5.28. The lowest BCUT2D eigenvalue weighted by molar-refractivity contribution is 0.184. The molecule has 0 spiro atoms. The molecule has 100 valence electrons. The predicted molar refractivity (Wildman–Crippen MR) is 78.4 cm³/mol. The summed E-state index contributed by atoms with van der Waals surface area (Å²) >= 11 is 0. The van der Waals surface area contributed by atoms with Gasteiger partial charge in [0.15, 0.2) is 0 Å². The third kappa shape index (κ3) is 3.12. The van der Waals surface area contributed by atoms with Crippen LogP contribution in [0.25, 0.3) is 0 Å². The molecule has 0 saturated carbocycles. The van der Waals surface area contributed by atoms with Crippen LogP contribution in [-0.4, -0.2) is 30.1 Å². The molecule has 0 saturated heterocycles. The van der Waals surface area contributed by atoms with Crippen LogP contribution in [0, 0.1) is 5.92 Å². The van der Waals surface area contributed by atoms with E-state index in [9.17, 15) is 0 Å². The fraction of sp³-hybridized carbons (Fsp3) is 0.625. The van der Waals surface area contributed by atoms with Crippen LogP contribution in [0.5, 0.6) is 0 Å². The molecule has 1 aliphatic heterocycles. The third-order valence-corrected chi connectivity index (χ3v) is 4.25. The van der Waals surface area contributed by atoms with E-state index in [0.717, 1.165) is 25.9 Å². The highest BCUT2D eigenvalue weighted by Crippen LogP contribution is 2.21. The first kappa shape index (κ1) is 13.6. The Morgan fingerprint density at radius 1 is 1.39 bits per heavy atom. The fourth-order valence-electron chi connectivity index (χ4n) is 2.81. The number of rotatable bonds is 4. The summed E-state index contributed by atoms with van der Waals surface area (Å²) in [4.78, 5) is 2.52. The van der Waals surface area contributed by atoms with Gasteiger partial charge in [0, 0.05) is 25.2 Å². The van der Waals surface area contributed by atoms with Gasteiger partial charge in [-0.2, -0.15) is 0 Å². The Bertz CT molecular complexity index is 354. The van der Waals surface area contributed by atoms with Crippen molar-refractivity contribution >= 4 is 0 Å². The Morgan fingerprint density at radius 2 is 2.22 bits per heavy atom. The van der Waals surface area contributed by atoms with Crippen molar-refractivity contribution in [2.24, 2.45) is 11.7 Å². The van der Waals surface area contributed by atoms with Gasteiger partial charge < -0.3 is 5.73 Å². The molecule has 2 nitrogen and oxygen atoms in total. The van der Waals surface area contributed by atoms with Crippen molar-refractivity contribution in [1.29, 1.82) is 0 Å². The quantitative estimate of drug-likeness (QED) is 0.773. The van der Waals surface area contributed by atoms with Crippen LogP contribution in [-0.2, 0) is 0 Å². The Hall–Kier alpha value is -0.860. The second kappa shape index (κ2) is 6.35. The van der Waals surface area contributed by atoms with E-state index < -0.39 is 0 Å². The molecular formula is C16H26N2. The first-order valence-corrected chi connectivity index (χ1v) is 7.25. The van der Waals surface area contributed by atoms with Crippen molar-refractivity contribution in [1.82, 2.24) is 4.90 Å². The molecule has 2 aliphatic rings. The Balaban J connectivity index is 1.98. The molecule has 3 unspecified atom stereocenters. The number of allylic oxidation sites excluding steroid dienone is 2. The van der Waals surface area contributed by atoms with Gasteiger partial charge in [0.1, 0.15) is 0 Å². The summed E-state index contributed by atoms with van der Waals surface area (Å²) in [6.07, 6.45) is 14.9. The predicted octanol–water partition coefficient (Wildman–Crippen LogP) is 2.88. The van der Waals surface area contributed by atoms with E-state index in [-0.39, 0.29) is 6.04 Å². The summed E-state index contributed by atoms with van der Waals surface area (Å²) in [5.74, 6) is 0.698. The van der Waals surface area contributed by atoms with Crippen LogP contribution in [0.1, 0.15) is 33.1 Å². The minimum absolute atomic E-state index is 0.144. The van der Waals surface area contributed by atoms with Gasteiger partial charge >= 0.3 is 0 Å². The van der Waals surface area contributed by atoms with Gasteiger partial charge in [0.05, 0.1) is 0 Å². The number of hydrogen-bond acceptors (Lipinski definition) is 2. The van der Waals surface area contributed by atoms with Crippen LogP contribution >= 0.6 is 0 Å².